The van der Waals surface area contributed by atoms with Gasteiger partial charge in [-0.2, -0.15) is 0 Å². The van der Waals surface area contributed by atoms with E-state index in [1.165, 1.54) is 14.0 Å². The number of esters is 1. The summed E-state index contributed by atoms with van der Waals surface area (Å²) in [5.41, 5.74) is 1.34. The van der Waals surface area contributed by atoms with Gasteiger partial charge in [0.1, 0.15) is 10.7 Å². The number of aryl methyl sites for hydroxylation is 1. The van der Waals surface area contributed by atoms with Crippen molar-refractivity contribution in [2.45, 2.75) is 20.0 Å². The SMILES string of the molecule is COc1ccc(C)cc1NC(=O)C(C)OC(=O)c1ccc([N+](=O)[O-])o1. The highest BCUT2D eigenvalue weighted by molar-refractivity contribution is 5.97. The summed E-state index contributed by atoms with van der Waals surface area (Å²) in [6.45, 7) is 3.22. The van der Waals surface area contributed by atoms with Gasteiger partial charge in [0.15, 0.2) is 6.10 Å². The van der Waals surface area contributed by atoms with Gasteiger partial charge in [-0.05, 0) is 37.6 Å². The molecule has 1 atom stereocenters. The van der Waals surface area contributed by atoms with E-state index < -0.39 is 28.8 Å². The second kappa shape index (κ2) is 7.47. The van der Waals surface area contributed by atoms with Gasteiger partial charge in [-0.3, -0.25) is 14.9 Å². The molecular formula is C16H16N2O7. The van der Waals surface area contributed by atoms with E-state index in [-0.39, 0.29) is 5.76 Å². The van der Waals surface area contributed by atoms with E-state index in [9.17, 15) is 19.7 Å². The molecule has 0 radical (unpaired) electrons. The number of carbonyl (C=O) groups is 2. The molecule has 132 valence electrons. The van der Waals surface area contributed by atoms with Crippen LogP contribution in [0.15, 0.2) is 34.7 Å². The number of hydrogen-bond acceptors (Lipinski definition) is 7. The Bertz CT molecular complexity index is 813. The molecule has 9 heteroatoms. The quantitative estimate of drug-likeness (QED) is 0.484. The third-order valence-electron chi connectivity index (χ3n) is 3.24. The maximum absolute atomic E-state index is 12.2. The standard InChI is InChI=1S/C16H16N2O7/c1-9-4-5-12(23-3)11(8-9)17-15(19)10(2)24-16(20)13-6-7-14(25-13)18(21)22/h4-8,10H,1-3H3,(H,17,19). The molecule has 2 aromatic rings. The fourth-order valence-electron chi connectivity index (χ4n) is 1.96. The van der Waals surface area contributed by atoms with Crippen LogP contribution >= 0.6 is 0 Å². The first-order valence-electron chi connectivity index (χ1n) is 7.22. The van der Waals surface area contributed by atoms with Gasteiger partial charge < -0.3 is 19.2 Å². The summed E-state index contributed by atoms with van der Waals surface area (Å²) in [4.78, 5) is 33.8. The topological polar surface area (TPSA) is 121 Å². The average Bonchev–Trinajstić information content (AvgIpc) is 3.05. The highest BCUT2D eigenvalue weighted by atomic mass is 16.7. The lowest BCUT2D eigenvalue weighted by Crippen LogP contribution is -2.30. The number of amides is 1. The molecule has 2 rings (SSSR count). The van der Waals surface area contributed by atoms with Gasteiger partial charge in [-0.15, -0.1) is 0 Å². The number of benzene rings is 1. The Kier molecular flexibility index (Phi) is 5.38. The second-order valence-corrected chi connectivity index (χ2v) is 5.14. The van der Waals surface area contributed by atoms with Gasteiger partial charge in [0, 0.05) is 0 Å². The Balaban J connectivity index is 2.03. The molecule has 0 aliphatic carbocycles. The number of methoxy groups -OCH3 is 1. The number of anilines is 1. The molecule has 1 aromatic carbocycles. The molecule has 25 heavy (non-hydrogen) atoms. The van der Waals surface area contributed by atoms with Crippen molar-refractivity contribution in [1.29, 1.82) is 0 Å². The third kappa shape index (κ3) is 4.34. The summed E-state index contributed by atoms with van der Waals surface area (Å²) in [7, 11) is 1.47. The van der Waals surface area contributed by atoms with Crippen LogP contribution in [0.25, 0.3) is 0 Å². The summed E-state index contributed by atoms with van der Waals surface area (Å²) in [6.07, 6.45) is -1.15. The molecule has 1 aromatic heterocycles. The molecule has 0 saturated carbocycles. The molecule has 1 amide bonds. The maximum Gasteiger partial charge on any atom is 0.433 e. The van der Waals surface area contributed by atoms with E-state index in [2.05, 4.69) is 5.32 Å². The molecule has 0 aliphatic heterocycles. The van der Waals surface area contributed by atoms with Crippen LogP contribution in [-0.2, 0) is 9.53 Å². The molecule has 1 unspecified atom stereocenters. The minimum Gasteiger partial charge on any atom is -0.495 e. The summed E-state index contributed by atoms with van der Waals surface area (Å²) in [5.74, 6) is -2.06. The highest BCUT2D eigenvalue weighted by Gasteiger charge is 2.24. The lowest BCUT2D eigenvalue weighted by atomic mass is 10.2. The van der Waals surface area contributed by atoms with Gasteiger partial charge in [0.2, 0.25) is 5.76 Å². The zero-order chi connectivity index (χ0) is 18.6. The van der Waals surface area contributed by atoms with Crippen LogP contribution < -0.4 is 10.1 Å². The van der Waals surface area contributed by atoms with E-state index in [1.54, 1.807) is 12.1 Å². The van der Waals surface area contributed by atoms with Crippen LogP contribution in [0.4, 0.5) is 11.6 Å². The lowest BCUT2D eigenvalue weighted by molar-refractivity contribution is -0.402. The van der Waals surface area contributed by atoms with Crippen LogP contribution in [0.5, 0.6) is 5.75 Å². The Labute approximate surface area is 142 Å². The third-order valence-corrected chi connectivity index (χ3v) is 3.24. The van der Waals surface area contributed by atoms with Crippen molar-refractivity contribution in [3.63, 3.8) is 0 Å². The maximum atomic E-state index is 12.2. The largest absolute Gasteiger partial charge is 0.495 e. The average molecular weight is 348 g/mol. The van der Waals surface area contributed by atoms with Crippen LogP contribution in [0, 0.1) is 17.0 Å². The molecule has 0 saturated heterocycles. The number of furan rings is 1. The normalized spacial score (nSPS) is 11.5. The number of hydrogen-bond donors (Lipinski definition) is 1. The zero-order valence-electron chi connectivity index (χ0n) is 13.8. The van der Waals surface area contributed by atoms with Crippen LogP contribution in [0.1, 0.15) is 23.0 Å². The van der Waals surface area contributed by atoms with Gasteiger partial charge in [-0.1, -0.05) is 6.07 Å². The van der Waals surface area contributed by atoms with Crippen molar-refractivity contribution in [2.24, 2.45) is 0 Å². The number of nitrogens with zero attached hydrogens (tertiary/aromatic N) is 1. The number of rotatable bonds is 6. The number of nitrogens with one attached hydrogen (secondary N) is 1. The van der Waals surface area contributed by atoms with Gasteiger partial charge in [-0.25, -0.2) is 4.79 Å². The fraction of sp³-hybridized carbons (Fsp3) is 0.250. The van der Waals surface area contributed by atoms with Crippen molar-refractivity contribution >= 4 is 23.4 Å². The first-order valence-corrected chi connectivity index (χ1v) is 7.22. The second-order valence-electron chi connectivity index (χ2n) is 5.14. The van der Waals surface area contributed by atoms with Crippen LogP contribution in [-0.4, -0.2) is 30.0 Å². The lowest BCUT2D eigenvalue weighted by Gasteiger charge is -2.15. The molecule has 9 nitrogen and oxygen atoms in total. The predicted octanol–water partition coefficient (Wildman–Crippen LogP) is 2.69. The van der Waals surface area contributed by atoms with Crippen LogP contribution in [0.2, 0.25) is 0 Å². The van der Waals surface area contributed by atoms with E-state index >= 15 is 0 Å². The first-order chi connectivity index (χ1) is 11.8. The first kappa shape index (κ1) is 18.0. The molecule has 0 bridgehead atoms. The van der Waals surface area contributed by atoms with Gasteiger partial charge in [0.05, 0.1) is 18.9 Å². The monoisotopic (exact) mass is 348 g/mol. The summed E-state index contributed by atoms with van der Waals surface area (Å²) < 4.78 is 14.8. The summed E-state index contributed by atoms with van der Waals surface area (Å²) in [5, 5.41) is 13.1. The molecule has 1 heterocycles. The van der Waals surface area contributed by atoms with Crippen molar-refractivity contribution in [2.75, 3.05) is 12.4 Å². The zero-order valence-corrected chi connectivity index (χ0v) is 13.8. The van der Waals surface area contributed by atoms with E-state index in [0.29, 0.717) is 11.4 Å². The molecular weight excluding hydrogens is 332 g/mol. The summed E-state index contributed by atoms with van der Waals surface area (Å²) in [6, 6.07) is 7.36. The minimum absolute atomic E-state index is 0.362. The van der Waals surface area contributed by atoms with Gasteiger partial charge in [0.25, 0.3) is 5.91 Å². The van der Waals surface area contributed by atoms with E-state index in [1.807, 2.05) is 13.0 Å². The van der Waals surface area contributed by atoms with Crippen LogP contribution in [0.3, 0.4) is 0 Å². The molecule has 0 spiro atoms. The minimum atomic E-state index is -1.15. The Morgan fingerprint density at radius 1 is 1.28 bits per heavy atom. The Morgan fingerprint density at radius 3 is 2.60 bits per heavy atom. The van der Waals surface area contributed by atoms with Crippen molar-refractivity contribution in [1.82, 2.24) is 0 Å². The van der Waals surface area contributed by atoms with Crippen molar-refractivity contribution in [3.8, 4) is 5.75 Å². The molecule has 0 fully saturated rings. The molecule has 0 aliphatic rings. The van der Waals surface area contributed by atoms with E-state index in [4.69, 9.17) is 13.9 Å². The van der Waals surface area contributed by atoms with Gasteiger partial charge >= 0.3 is 11.9 Å². The number of ether oxygens (including phenoxy) is 2. The van der Waals surface area contributed by atoms with E-state index in [0.717, 1.165) is 17.7 Å². The smallest absolute Gasteiger partial charge is 0.433 e. The molecule has 1 N–H and O–H groups in total. The highest BCUT2D eigenvalue weighted by Crippen LogP contribution is 2.25. The summed E-state index contributed by atoms with van der Waals surface area (Å²) >= 11 is 0. The Hall–Kier alpha value is -3.36. The number of nitro groups is 1. The number of carbonyl (C=O) groups excluding carboxylic acids is 2. The predicted molar refractivity (Wildman–Crippen MR) is 86.6 cm³/mol. The Morgan fingerprint density at radius 2 is 2.00 bits per heavy atom. The fourth-order valence-corrected chi connectivity index (χ4v) is 1.96. The van der Waals surface area contributed by atoms with Crippen molar-refractivity contribution in [3.05, 3.63) is 51.8 Å². The van der Waals surface area contributed by atoms with Crippen molar-refractivity contribution < 1.29 is 28.4 Å².